The van der Waals surface area contributed by atoms with Crippen LogP contribution in [0.2, 0.25) is 0 Å². The first-order valence-electron chi connectivity index (χ1n) is 10.1. The van der Waals surface area contributed by atoms with Crippen molar-refractivity contribution in [2.45, 2.75) is 19.8 Å². The van der Waals surface area contributed by atoms with E-state index in [9.17, 15) is 9.59 Å². The second-order valence-electron chi connectivity index (χ2n) is 7.55. The second-order valence-corrected chi connectivity index (χ2v) is 7.55. The van der Waals surface area contributed by atoms with Gasteiger partial charge in [-0.3, -0.25) is 4.79 Å². The van der Waals surface area contributed by atoms with Crippen LogP contribution in [0.15, 0.2) is 78.5 Å². The Morgan fingerprint density at radius 2 is 1.77 bits per heavy atom. The maximum Gasteiger partial charge on any atom is 0.323 e. The van der Waals surface area contributed by atoms with Gasteiger partial charge in [-0.1, -0.05) is 43.4 Å². The molecular formula is C24H24N4O2. The summed E-state index contributed by atoms with van der Waals surface area (Å²) in [5.41, 5.74) is 3.07. The highest BCUT2D eigenvalue weighted by molar-refractivity contribution is 5.93. The molecule has 1 heterocycles. The van der Waals surface area contributed by atoms with Crippen molar-refractivity contribution in [1.82, 2.24) is 10.3 Å². The van der Waals surface area contributed by atoms with Gasteiger partial charge >= 0.3 is 6.03 Å². The van der Waals surface area contributed by atoms with E-state index < -0.39 is 0 Å². The highest BCUT2D eigenvalue weighted by atomic mass is 16.2. The van der Waals surface area contributed by atoms with E-state index in [2.05, 4.69) is 33.9 Å². The van der Waals surface area contributed by atoms with E-state index in [0.717, 1.165) is 29.8 Å². The van der Waals surface area contributed by atoms with Crippen molar-refractivity contribution in [1.29, 1.82) is 0 Å². The standard InChI is InChI=1S/C24H24N4O2/c1-16-4-2-5-19(13-8-16)25-24(30)26-20-14-11-17(12-15-20)21-6-3-7-22(27-21)28-23(29)18-9-10-18/h2-8,11-16,18H,9-10H2,1H3,(H2,25,26,30)(H,27,28,29). The van der Waals surface area contributed by atoms with Gasteiger partial charge in [-0.25, -0.2) is 9.78 Å². The van der Waals surface area contributed by atoms with Crippen LogP contribution in [0.3, 0.4) is 0 Å². The van der Waals surface area contributed by atoms with Crippen molar-refractivity contribution in [3.63, 3.8) is 0 Å². The fourth-order valence-corrected chi connectivity index (χ4v) is 3.05. The molecule has 4 rings (SSSR count). The molecule has 1 atom stereocenters. The molecule has 1 aromatic heterocycles. The fourth-order valence-electron chi connectivity index (χ4n) is 3.05. The van der Waals surface area contributed by atoms with Gasteiger partial charge in [-0.15, -0.1) is 0 Å². The number of urea groups is 1. The molecule has 0 radical (unpaired) electrons. The van der Waals surface area contributed by atoms with Gasteiger partial charge in [0.15, 0.2) is 0 Å². The lowest BCUT2D eigenvalue weighted by Gasteiger charge is -2.09. The molecule has 2 aromatic rings. The van der Waals surface area contributed by atoms with E-state index >= 15 is 0 Å². The van der Waals surface area contributed by atoms with Crippen LogP contribution in [0.1, 0.15) is 19.8 Å². The molecule has 2 aliphatic rings. The number of hydrogen-bond acceptors (Lipinski definition) is 3. The summed E-state index contributed by atoms with van der Waals surface area (Å²) in [6.45, 7) is 2.08. The molecule has 152 valence electrons. The van der Waals surface area contributed by atoms with Crippen LogP contribution in [-0.4, -0.2) is 16.9 Å². The van der Waals surface area contributed by atoms with Crippen LogP contribution in [0.4, 0.5) is 16.3 Å². The Hall–Kier alpha value is -3.67. The quantitative estimate of drug-likeness (QED) is 0.670. The molecule has 1 unspecified atom stereocenters. The first kappa shape index (κ1) is 19.6. The number of pyridine rings is 1. The smallest absolute Gasteiger partial charge is 0.310 e. The molecule has 6 nitrogen and oxygen atoms in total. The third kappa shape index (κ3) is 5.23. The summed E-state index contributed by atoms with van der Waals surface area (Å²) >= 11 is 0. The van der Waals surface area contributed by atoms with Gasteiger partial charge in [0.1, 0.15) is 5.82 Å². The molecule has 0 aliphatic heterocycles. The number of anilines is 2. The normalized spacial score (nSPS) is 17.6. The molecular weight excluding hydrogens is 376 g/mol. The molecule has 3 amide bonds. The molecule has 1 fully saturated rings. The third-order valence-corrected chi connectivity index (χ3v) is 4.91. The third-order valence-electron chi connectivity index (χ3n) is 4.91. The topological polar surface area (TPSA) is 83.1 Å². The van der Waals surface area contributed by atoms with Crippen LogP contribution in [0.25, 0.3) is 11.3 Å². The minimum absolute atomic E-state index is 0.0359. The maximum absolute atomic E-state index is 12.3. The highest BCUT2D eigenvalue weighted by Crippen LogP contribution is 2.30. The van der Waals surface area contributed by atoms with Crippen molar-refractivity contribution in [3.8, 4) is 11.3 Å². The Labute approximate surface area is 175 Å². The van der Waals surface area contributed by atoms with E-state index in [1.54, 1.807) is 6.07 Å². The molecule has 30 heavy (non-hydrogen) atoms. The zero-order chi connectivity index (χ0) is 20.9. The van der Waals surface area contributed by atoms with Gasteiger partial charge in [0.05, 0.1) is 5.69 Å². The second kappa shape index (κ2) is 8.78. The summed E-state index contributed by atoms with van der Waals surface area (Å²) in [7, 11) is 0. The van der Waals surface area contributed by atoms with Crippen molar-refractivity contribution < 1.29 is 9.59 Å². The minimum atomic E-state index is -0.301. The van der Waals surface area contributed by atoms with E-state index in [1.165, 1.54) is 0 Å². The van der Waals surface area contributed by atoms with Crippen LogP contribution >= 0.6 is 0 Å². The first-order chi connectivity index (χ1) is 14.6. The van der Waals surface area contributed by atoms with Crippen molar-refractivity contribution in [3.05, 3.63) is 78.5 Å². The van der Waals surface area contributed by atoms with E-state index in [-0.39, 0.29) is 17.9 Å². The largest absolute Gasteiger partial charge is 0.323 e. The minimum Gasteiger partial charge on any atom is -0.310 e. The van der Waals surface area contributed by atoms with Crippen LogP contribution < -0.4 is 16.0 Å². The van der Waals surface area contributed by atoms with E-state index in [1.807, 2.05) is 60.7 Å². The Bertz CT molecular complexity index is 1030. The number of hydrogen-bond donors (Lipinski definition) is 3. The lowest BCUT2D eigenvalue weighted by molar-refractivity contribution is -0.117. The zero-order valence-corrected chi connectivity index (χ0v) is 16.8. The number of carbonyl (C=O) groups excluding carboxylic acids is 2. The number of aromatic nitrogens is 1. The van der Waals surface area contributed by atoms with Gasteiger partial charge in [-0.2, -0.15) is 0 Å². The first-order valence-corrected chi connectivity index (χ1v) is 10.1. The van der Waals surface area contributed by atoms with Crippen molar-refractivity contribution in [2.24, 2.45) is 11.8 Å². The number of carbonyl (C=O) groups is 2. The monoisotopic (exact) mass is 400 g/mol. The summed E-state index contributed by atoms with van der Waals surface area (Å²) in [5.74, 6) is 1.06. The Kier molecular flexibility index (Phi) is 5.75. The molecule has 0 spiro atoms. The average molecular weight is 400 g/mol. The number of amides is 3. The van der Waals surface area contributed by atoms with Gasteiger partial charge in [0.2, 0.25) is 5.91 Å². The van der Waals surface area contributed by atoms with Crippen LogP contribution in [0, 0.1) is 11.8 Å². The molecule has 2 aliphatic carbocycles. The lowest BCUT2D eigenvalue weighted by Crippen LogP contribution is -2.27. The summed E-state index contributed by atoms with van der Waals surface area (Å²) in [4.78, 5) is 28.7. The van der Waals surface area contributed by atoms with Gasteiger partial charge in [0.25, 0.3) is 0 Å². The number of nitrogens with zero attached hydrogens (tertiary/aromatic N) is 1. The van der Waals surface area contributed by atoms with Crippen LogP contribution in [-0.2, 0) is 4.79 Å². The average Bonchev–Trinajstić information content (AvgIpc) is 3.58. The maximum atomic E-state index is 12.3. The summed E-state index contributed by atoms with van der Waals surface area (Å²) in [6.07, 6.45) is 11.7. The number of nitrogens with one attached hydrogen (secondary N) is 3. The predicted molar refractivity (Wildman–Crippen MR) is 119 cm³/mol. The van der Waals surface area contributed by atoms with Gasteiger partial charge in [0, 0.05) is 22.9 Å². The number of rotatable bonds is 5. The molecule has 0 saturated heterocycles. The van der Waals surface area contributed by atoms with E-state index in [0.29, 0.717) is 17.4 Å². The van der Waals surface area contributed by atoms with Crippen molar-refractivity contribution in [2.75, 3.05) is 10.6 Å². The summed E-state index contributed by atoms with van der Waals surface area (Å²) in [5, 5.41) is 8.53. The number of allylic oxidation sites excluding steroid dienone is 5. The number of benzene rings is 1. The predicted octanol–water partition coefficient (Wildman–Crippen LogP) is 4.86. The summed E-state index contributed by atoms with van der Waals surface area (Å²) in [6, 6.07) is 12.7. The Morgan fingerprint density at radius 3 is 2.53 bits per heavy atom. The molecule has 3 N–H and O–H groups in total. The van der Waals surface area contributed by atoms with Gasteiger partial charge < -0.3 is 16.0 Å². The SMILES string of the molecule is CC1C=CC=C(NC(=O)Nc2ccc(-c3cccc(NC(=O)C4CC4)n3)cc2)C=C1. The zero-order valence-electron chi connectivity index (χ0n) is 16.8. The molecule has 0 bridgehead atoms. The van der Waals surface area contributed by atoms with Crippen LogP contribution in [0.5, 0.6) is 0 Å². The van der Waals surface area contributed by atoms with Gasteiger partial charge in [-0.05, 0) is 55.2 Å². The Morgan fingerprint density at radius 1 is 0.967 bits per heavy atom. The van der Waals surface area contributed by atoms with E-state index in [4.69, 9.17) is 0 Å². The Balaban J connectivity index is 1.37. The fraction of sp³-hybridized carbons (Fsp3) is 0.208. The lowest BCUT2D eigenvalue weighted by atomic mass is 10.1. The summed E-state index contributed by atoms with van der Waals surface area (Å²) < 4.78 is 0. The molecule has 1 saturated carbocycles. The van der Waals surface area contributed by atoms with Crippen molar-refractivity contribution >= 4 is 23.4 Å². The molecule has 1 aromatic carbocycles. The highest BCUT2D eigenvalue weighted by Gasteiger charge is 2.29. The molecule has 6 heteroatoms.